The van der Waals surface area contributed by atoms with Gasteiger partial charge in [-0.1, -0.05) is 17.3 Å². The topological polar surface area (TPSA) is 78.7 Å². The average molecular weight is 384 g/mol. The Balaban J connectivity index is 1.79. The van der Waals surface area contributed by atoms with Gasteiger partial charge >= 0.3 is 7.60 Å². The van der Waals surface area contributed by atoms with E-state index in [0.717, 1.165) is 0 Å². The van der Waals surface area contributed by atoms with Crippen LogP contribution in [0, 0.1) is 5.82 Å². The number of hydrogen-bond donors (Lipinski definition) is 0. The van der Waals surface area contributed by atoms with E-state index in [4.69, 9.17) is 13.9 Å². The molecule has 0 saturated carbocycles. The molecule has 0 amide bonds. The van der Waals surface area contributed by atoms with Crippen LogP contribution in [-0.4, -0.2) is 46.1 Å². The van der Waals surface area contributed by atoms with Gasteiger partial charge in [0, 0.05) is 19.0 Å². The second kappa shape index (κ2) is 7.94. The Morgan fingerprint density at radius 3 is 2.73 bits per heavy atom. The summed E-state index contributed by atoms with van der Waals surface area (Å²) in [6.07, 6.45) is 1.52. The maximum Gasteiger partial charge on any atom is 0.350 e. The van der Waals surface area contributed by atoms with Gasteiger partial charge in [0.05, 0.1) is 19.4 Å². The predicted molar refractivity (Wildman–Crippen MR) is 92.6 cm³/mol. The molecule has 1 aliphatic heterocycles. The normalized spacial score (nSPS) is 21.4. The minimum Gasteiger partial charge on any atom is -0.308 e. The fourth-order valence-corrected chi connectivity index (χ4v) is 4.92. The van der Waals surface area contributed by atoms with E-state index in [1.165, 1.54) is 21.9 Å². The van der Waals surface area contributed by atoms with E-state index >= 15 is 0 Å². The van der Waals surface area contributed by atoms with Crippen LogP contribution in [-0.2, 0) is 18.5 Å². The largest absolute Gasteiger partial charge is 0.350 e. The molecule has 1 aromatic heterocycles. The van der Waals surface area contributed by atoms with Crippen molar-refractivity contribution >= 4 is 7.60 Å². The highest BCUT2D eigenvalue weighted by molar-refractivity contribution is 7.54. The Bertz CT molecular complexity index is 792. The lowest BCUT2D eigenvalue weighted by Gasteiger charge is -2.25. The van der Waals surface area contributed by atoms with Gasteiger partial charge in [-0.2, -0.15) is 5.06 Å². The highest BCUT2D eigenvalue weighted by atomic mass is 31.2. The van der Waals surface area contributed by atoms with Crippen LogP contribution >= 0.6 is 7.60 Å². The predicted octanol–water partition coefficient (Wildman–Crippen LogP) is 3.44. The molecule has 26 heavy (non-hydrogen) atoms. The summed E-state index contributed by atoms with van der Waals surface area (Å²) in [4.78, 5) is 5.76. The highest BCUT2D eigenvalue weighted by Gasteiger charge is 2.46. The summed E-state index contributed by atoms with van der Waals surface area (Å²) in [7, 11) is -1.67. The third-order valence-electron chi connectivity index (χ3n) is 4.03. The zero-order chi connectivity index (χ0) is 18.7. The van der Waals surface area contributed by atoms with Crippen molar-refractivity contribution in [1.29, 1.82) is 0 Å². The third-order valence-corrected chi connectivity index (χ3v) is 6.53. The first-order valence-corrected chi connectivity index (χ1v) is 10.0. The van der Waals surface area contributed by atoms with Crippen LogP contribution in [0.25, 0.3) is 11.3 Å². The van der Waals surface area contributed by atoms with Gasteiger partial charge in [-0.25, -0.2) is 9.07 Å². The van der Waals surface area contributed by atoms with Gasteiger partial charge in [0.15, 0.2) is 6.23 Å². The van der Waals surface area contributed by atoms with Gasteiger partial charge in [0.25, 0.3) is 0 Å². The number of hydroxylamine groups is 2. The molecule has 2 atom stereocenters. The van der Waals surface area contributed by atoms with Crippen LogP contribution in [0.4, 0.5) is 4.39 Å². The second-order valence-electron chi connectivity index (χ2n) is 5.79. The van der Waals surface area contributed by atoms with Crippen LogP contribution in [0.3, 0.4) is 0 Å². The van der Waals surface area contributed by atoms with Crippen LogP contribution in [0.5, 0.6) is 0 Å². The molecule has 0 unspecified atom stereocenters. The van der Waals surface area contributed by atoms with E-state index < -0.39 is 19.6 Å². The summed E-state index contributed by atoms with van der Waals surface area (Å²) in [5.74, 6) is -0.891. The van der Waals surface area contributed by atoms with E-state index in [2.05, 4.69) is 10.3 Å². The maximum absolute atomic E-state index is 13.4. The minimum absolute atomic E-state index is 0.277. The first kappa shape index (κ1) is 19.1. The number of benzene rings is 1. The molecule has 1 saturated heterocycles. The zero-order valence-electron chi connectivity index (χ0n) is 14.9. The summed E-state index contributed by atoms with van der Waals surface area (Å²) in [5.41, 5.74) is 1.14. The van der Waals surface area contributed by atoms with Crippen LogP contribution in [0.2, 0.25) is 0 Å². The minimum atomic E-state index is -3.35. The molecule has 0 N–H and O–H groups in total. The number of rotatable bonds is 7. The first-order valence-electron chi connectivity index (χ1n) is 8.43. The molecule has 1 aromatic carbocycles. The van der Waals surface area contributed by atoms with Gasteiger partial charge in [-0.15, -0.1) is 5.10 Å². The van der Waals surface area contributed by atoms with Crippen molar-refractivity contribution in [3.63, 3.8) is 0 Å². The first-order chi connectivity index (χ1) is 12.5. The van der Waals surface area contributed by atoms with Gasteiger partial charge in [0.1, 0.15) is 17.3 Å². The molecule has 1 aliphatic rings. The lowest BCUT2D eigenvalue weighted by atomic mass is 10.2. The molecular formula is C16H22FN4O4P. The van der Waals surface area contributed by atoms with E-state index in [1.807, 2.05) is 0 Å². The van der Waals surface area contributed by atoms with E-state index in [-0.39, 0.29) is 19.0 Å². The van der Waals surface area contributed by atoms with Crippen LogP contribution < -0.4 is 0 Å². The summed E-state index contributed by atoms with van der Waals surface area (Å²) < 4.78 is 38.8. The molecule has 1 fully saturated rings. The average Bonchev–Trinajstić information content (AvgIpc) is 3.22. The fraction of sp³-hybridized carbons (Fsp3) is 0.500. The van der Waals surface area contributed by atoms with Gasteiger partial charge in [-0.05, 0) is 26.0 Å². The van der Waals surface area contributed by atoms with Crippen molar-refractivity contribution in [1.82, 2.24) is 20.1 Å². The SMILES string of the molecule is CCOP(=O)(OCC)[C@@H]1C[C@H](n2cc(-c3cccc(F)c3)nn2)ON1C. The number of halogens is 1. The molecule has 0 bridgehead atoms. The Kier molecular flexibility index (Phi) is 5.84. The summed E-state index contributed by atoms with van der Waals surface area (Å²) in [5, 5.41) is 9.63. The van der Waals surface area contributed by atoms with E-state index in [9.17, 15) is 8.96 Å². The number of aromatic nitrogens is 3. The smallest absolute Gasteiger partial charge is 0.308 e. The Morgan fingerprint density at radius 2 is 2.08 bits per heavy atom. The van der Waals surface area contributed by atoms with Crippen molar-refractivity contribution in [2.45, 2.75) is 32.3 Å². The summed E-state index contributed by atoms with van der Waals surface area (Å²) in [6, 6.07) is 6.12. The van der Waals surface area contributed by atoms with Crippen LogP contribution in [0.1, 0.15) is 26.5 Å². The molecule has 0 aliphatic carbocycles. The molecule has 2 heterocycles. The molecule has 142 valence electrons. The van der Waals surface area contributed by atoms with Crippen LogP contribution in [0.15, 0.2) is 30.5 Å². The Labute approximate surface area is 151 Å². The van der Waals surface area contributed by atoms with Crippen molar-refractivity contribution in [3.05, 3.63) is 36.3 Å². The Morgan fingerprint density at radius 1 is 1.35 bits per heavy atom. The van der Waals surface area contributed by atoms with Crippen molar-refractivity contribution in [3.8, 4) is 11.3 Å². The lowest BCUT2D eigenvalue weighted by molar-refractivity contribution is -0.162. The van der Waals surface area contributed by atoms with E-state index in [1.54, 1.807) is 39.2 Å². The standard InChI is InChI=1S/C16H22FN4O4P/c1-4-23-26(22,24-5-2)16-10-15(25-20(16)3)21-11-14(18-19-21)12-7-6-8-13(17)9-12/h6-9,11,15-16H,4-5,10H2,1-3H3/t15-,16-/m1/s1. The Hall–Kier alpha value is -1.64. The van der Waals surface area contributed by atoms with Crippen molar-refractivity contribution < 1.29 is 22.8 Å². The summed E-state index contributed by atoms with van der Waals surface area (Å²) >= 11 is 0. The monoisotopic (exact) mass is 384 g/mol. The van der Waals surface area contributed by atoms with Gasteiger partial charge in [0.2, 0.25) is 0 Å². The quantitative estimate of drug-likeness (QED) is 0.677. The van der Waals surface area contributed by atoms with Crippen molar-refractivity contribution in [2.75, 3.05) is 20.3 Å². The number of nitrogens with zero attached hydrogens (tertiary/aromatic N) is 4. The van der Waals surface area contributed by atoms with Gasteiger partial charge < -0.3 is 9.05 Å². The molecule has 2 aromatic rings. The molecule has 0 radical (unpaired) electrons. The second-order valence-corrected chi connectivity index (χ2v) is 7.98. The molecule has 3 rings (SSSR count). The highest BCUT2D eigenvalue weighted by Crippen LogP contribution is 2.58. The molecule has 8 nitrogen and oxygen atoms in total. The molecule has 0 spiro atoms. The molecular weight excluding hydrogens is 362 g/mol. The lowest BCUT2D eigenvalue weighted by Crippen LogP contribution is -2.25. The van der Waals surface area contributed by atoms with E-state index in [0.29, 0.717) is 17.7 Å². The molecule has 10 heteroatoms. The fourth-order valence-electron chi connectivity index (χ4n) is 2.89. The van der Waals surface area contributed by atoms with Crippen molar-refractivity contribution in [2.24, 2.45) is 0 Å². The summed E-state index contributed by atoms with van der Waals surface area (Å²) in [6.45, 7) is 4.09. The maximum atomic E-state index is 13.4. The zero-order valence-corrected chi connectivity index (χ0v) is 15.8. The third kappa shape index (κ3) is 3.87. The number of hydrogen-bond acceptors (Lipinski definition) is 7. The van der Waals surface area contributed by atoms with Gasteiger partial charge in [-0.3, -0.25) is 9.40 Å².